The quantitative estimate of drug-likeness (QED) is 0.404. The zero-order valence-electron chi connectivity index (χ0n) is 5.84. The van der Waals surface area contributed by atoms with Crippen LogP contribution in [-0.2, 0) is 0 Å². The van der Waals surface area contributed by atoms with E-state index in [1.165, 1.54) is 6.04 Å². The van der Waals surface area contributed by atoms with Gasteiger partial charge in [0.25, 0.3) is 0 Å². The molecule has 0 aromatic rings. The Bertz CT molecular complexity index is 97.1. The molecule has 0 aromatic heterocycles. The zero-order chi connectivity index (χ0) is 7.11. The fourth-order valence-electron chi connectivity index (χ4n) is 0.642. The molecule has 1 heteroatoms. The van der Waals surface area contributed by atoms with Gasteiger partial charge in [-0.05, 0) is 12.5 Å². The lowest BCUT2D eigenvalue weighted by molar-refractivity contribution is 1.20. The summed E-state index contributed by atoms with van der Waals surface area (Å²) in [5.74, 6) is 0. The summed E-state index contributed by atoms with van der Waals surface area (Å²) in [5.41, 5.74) is 4.10. The summed E-state index contributed by atoms with van der Waals surface area (Å²) >= 11 is 0. The Kier molecular flexibility index (Phi) is 5.22. The predicted molar refractivity (Wildman–Crippen MR) is 47.2 cm³/mol. The summed E-state index contributed by atoms with van der Waals surface area (Å²) in [5, 5.41) is 0. The lowest BCUT2D eigenvalue weighted by atomic mass is 10.5. The molecule has 0 nitrogen and oxygen atoms in total. The Morgan fingerprint density at radius 1 is 1.11 bits per heavy atom. The van der Waals surface area contributed by atoms with Crippen molar-refractivity contribution in [3.8, 4) is 0 Å². The van der Waals surface area contributed by atoms with Crippen LogP contribution in [0.5, 0.6) is 0 Å². The molecule has 0 rings (SSSR count). The minimum absolute atomic E-state index is 0.753. The molecular formula is C8H14Si. The molecule has 0 aliphatic carbocycles. The Hall–Kier alpha value is -0.563. The zero-order valence-corrected chi connectivity index (χ0v) is 7.00. The number of hydrogen-bond acceptors (Lipinski definition) is 0. The van der Waals surface area contributed by atoms with Crippen LogP contribution in [0.3, 0.4) is 0 Å². The second-order valence-electron chi connectivity index (χ2n) is 2.00. The first-order valence-electron chi connectivity index (χ1n) is 3.21. The van der Waals surface area contributed by atoms with Gasteiger partial charge in [0.05, 0.1) is 8.80 Å². The van der Waals surface area contributed by atoms with E-state index in [0.29, 0.717) is 0 Å². The molecule has 0 heterocycles. The molecule has 9 heavy (non-hydrogen) atoms. The van der Waals surface area contributed by atoms with Gasteiger partial charge >= 0.3 is 0 Å². The van der Waals surface area contributed by atoms with Gasteiger partial charge in [-0.1, -0.05) is 6.08 Å². The van der Waals surface area contributed by atoms with Crippen molar-refractivity contribution in [1.29, 1.82) is 0 Å². The van der Waals surface area contributed by atoms with E-state index in [0.717, 1.165) is 6.42 Å². The van der Waals surface area contributed by atoms with E-state index in [4.69, 9.17) is 0 Å². The first-order valence-corrected chi connectivity index (χ1v) is 5.36. The molecule has 0 N–H and O–H groups in total. The summed E-state index contributed by atoms with van der Waals surface area (Å²) < 4.78 is 0. The van der Waals surface area contributed by atoms with Gasteiger partial charge in [0.15, 0.2) is 0 Å². The van der Waals surface area contributed by atoms with E-state index in [-0.39, 0.29) is 0 Å². The minimum atomic E-state index is -0.753. The second kappa shape index (κ2) is 5.57. The standard InChI is InChI=1S/C8H14Si/c1-4-7-8-9(5-2)6-3/h4-6,9H,1-3,7-8H2. The van der Waals surface area contributed by atoms with Crippen LogP contribution < -0.4 is 0 Å². The van der Waals surface area contributed by atoms with E-state index < -0.39 is 8.80 Å². The van der Waals surface area contributed by atoms with Crippen molar-refractivity contribution >= 4 is 8.80 Å². The van der Waals surface area contributed by atoms with Crippen LogP contribution in [0.1, 0.15) is 6.42 Å². The maximum atomic E-state index is 3.74. The SMILES string of the molecule is C=CCC[SiH](C=C)C=C. The smallest absolute Gasteiger partial charge is 0.0841 e. The molecule has 0 aliphatic heterocycles. The lowest BCUT2D eigenvalue weighted by Crippen LogP contribution is -2.02. The average Bonchev–Trinajstić information content (AvgIpc) is 1.91. The third kappa shape index (κ3) is 3.97. The summed E-state index contributed by atoms with van der Waals surface area (Å²) in [4.78, 5) is 0. The predicted octanol–water partition coefficient (Wildman–Crippen LogP) is 2.24. The van der Waals surface area contributed by atoms with Crippen LogP contribution in [0.15, 0.2) is 37.2 Å². The second-order valence-corrected chi connectivity index (χ2v) is 4.85. The molecule has 0 saturated heterocycles. The minimum Gasteiger partial charge on any atom is -0.107 e. The van der Waals surface area contributed by atoms with Gasteiger partial charge < -0.3 is 0 Å². The van der Waals surface area contributed by atoms with Gasteiger partial charge in [-0.25, -0.2) is 0 Å². The highest BCUT2D eigenvalue weighted by Crippen LogP contribution is 1.99. The maximum absolute atomic E-state index is 3.74. The molecule has 0 unspecified atom stereocenters. The van der Waals surface area contributed by atoms with Gasteiger partial charge in [-0.2, -0.15) is 0 Å². The number of allylic oxidation sites excluding steroid dienone is 1. The molecule has 0 radical (unpaired) electrons. The fraction of sp³-hybridized carbons (Fsp3) is 0.250. The molecule has 0 bridgehead atoms. The first kappa shape index (κ1) is 8.44. The third-order valence-corrected chi connectivity index (χ3v) is 3.52. The van der Waals surface area contributed by atoms with Gasteiger partial charge in [0.2, 0.25) is 0 Å². The first-order chi connectivity index (χ1) is 4.35. The average molecular weight is 138 g/mol. The van der Waals surface area contributed by atoms with Gasteiger partial charge in [0, 0.05) is 0 Å². The highest BCUT2D eigenvalue weighted by molar-refractivity contribution is 6.69. The molecule has 0 fully saturated rings. The van der Waals surface area contributed by atoms with Crippen LogP contribution in [0, 0.1) is 0 Å². The molecule has 0 amide bonds. The Balaban J connectivity index is 3.41. The van der Waals surface area contributed by atoms with Crippen molar-refractivity contribution < 1.29 is 0 Å². The normalized spacial score (nSPS) is 9.00. The summed E-state index contributed by atoms with van der Waals surface area (Å²) in [6, 6.07) is 1.23. The third-order valence-electron chi connectivity index (χ3n) is 1.31. The summed E-state index contributed by atoms with van der Waals surface area (Å²) in [6.45, 7) is 11.1. The van der Waals surface area contributed by atoms with Crippen LogP contribution in [0.25, 0.3) is 0 Å². The highest BCUT2D eigenvalue weighted by Gasteiger charge is 1.96. The molecule has 0 aliphatic rings. The van der Waals surface area contributed by atoms with Crippen LogP contribution in [0.4, 0.5) is 0 Å². The monoisotopic (exact) mass is 138 g/mol. The van der Waals surface area contributed by atoms with Gasteiger partial charge in [-0.15, -0.1) is 31.1 Å². The van der Waals surface area contributed by atoms with Crippen LogP contribution in [-0.4, -0.2) is 8.80 Å². The Morgan fingerprint density at radius 2 is 1.67 bits per heavy atom. The fourth-order valence-corrected chi connectivity index (χ4v) is 1.93. The van der Waals surface area contributed by atoms with E-state index in [1.54, 1.807) is 0 Å². The lowest BCUT2D eigenvalue weighted by Gasteiger charge is -1.99. The van der Waals surface area contributed by atoms with Crippen molar-refractivity contribution in [3.05, 3.63) is 37.2 Å². The molecule has 0 atom stereocenters. The Morgan fingerprint density at radius 3 is 2.00 bits per heavy atom. The molecule has 0 spiro atoms. The topological polar surface area (TPSA) is 0 Å². The molecular weight excluding hydrogens is 124 g/mol. The van der Waals surface area contributed by atoms with Gasteiger partial charge in [-0.3, -0.25) is 0 Å². The summed E-state index contributed by atoms with van der Waals surface area (Å²) in [7, 11) is -0.753. The van der Waals surface area contributed by atoms with Crippen LogP contribution >= 0.6 is 0 Å². The highest BCUT2D eigenvalue weighted by atomic mass is 28.3. The maximum Gasteiger partial charge on any atom is 0.0841 e. The van der Waals surface area contributed by atoms with Gasteiger partial charge in [0.1, 0.15) is 0 Å². The molecule has 50 valence electrons. The molecule has 0 saturated carbocycles. The van der Waals surface area contributed by atoms with Crippen molar-refractivity contribution in [2.75, 3.05) is 0 Å². The molecule has 0 aromatic carbocycles. The largest absolute Gasteiger partial charge is 0.107 e. The van der Waals surface area contributed by atoms with E-state index in [2.05, 4.69) is 31.1 Å². The Labute approximate surface area is 59.2 Å². The number of rotatable bonds is 5. The van der Waals surface area contributed by atoms with Crippen LogP contribution in [0.2, 0.25) is 6.04 Å². The van der Waals surface area contributed by atoms with E-state index >= 15 is 0 Å². The van der Waals surface area contributed by atoms with Crippen molar-refractivity contribution in [2.45, 2.75) is 12.5 Å². The van der Waals surface area contributed by atoms with Crippen molar-refractivity contribution in [3.63, 3.8) is 0 Å². The van der Waals surface area contributed by atoms with Crippen molar-refractivity contribution in [2.24, 2.45) is 0 Å². The number of hydrogen-bond donors (Lipinski definition) is 0. The summed E-state index contributed by atoms with van der Waals surface area (Å²) in [6.07, 6.45) is 3.06. The van der Waals surface area contributed by atoms with Crippen molar-refractivity contribution in [1.82, 2.24) is 0 Å². The van der Waals surface area contributed by atoms with E-state index in [9.17, 15) is 0 Å². The van der Waals surface area contributed by atoms with E-state index in [1.807, 2.05) is 6.08 Å².